The molecule has 1 aromatic heterocycles. The van der Waals surface area contributed by atoms with Gasteiger partial charge in [-0.25, -0.2) is 9.48 Å². The maximum atomic E-state index is 10.9. The van der Waals surface area contributed by atoms with Crippen LogP contribution in [0.4, 0.5) is 0 Å². The van der Waals surface area contributed by atoms with Crippen LogP contribution >= 0.6 is 0 Å². The molecular weight excluding hydrogens is 260 g/mol. The third-order valence-corrected chi connectivity index (χ3v) is 2.83. The van der Waals surface area contributed by atoms with Crippen LogP contribution in [0.3, 0.4) is 0 Å². The molecular formula is C13H16N4O3. The Bertz CT molecular complexity index is 609. The lowest BCUT2D eigenvalue weighted by Gasteiger charge is -2.09. The molecule has 1 N–H and O–H groups in total. The number of aryl methyl sites for hydroxylation is 2. The van der Waals surface area contributed by atoms with Gasteiger partial charge in [-0.2, -0.15) is 0 Å². The second-order valence-corrected chi connectivity index (χ2v) is 4.39. The number of aromatic nitrogens is 4. The number of carboxylic acids is 1. The summed E-state index contributed by atoms with van der Waals surface area (Å²) in [5.74, 6) is 0.161. The molecule has 1 aromatic carbocycles. The Morgan fingerprint density at radius 1 is 1.45 bits per heavy atom. The molecule has 0 fully saturated rings. The van der Waals surface area contributed by atoms with Crippen molar-refractivity contribution in [1.29, 1.82) is 0 Å². The summed E-state index contributed by atoms with van der Waals surface area (Å²) in [5.41, 5.74) is 1.06. The summed E-state index contributed by atoms with van der Waals surface area (Å²) in [6.07, 6.45) is 0.922. The average molecular weight is 276 g/mol. The van der Waals surface area contributed by atoms with Gasteiger partial charge in [0.05, 0.1) is 5.56 Å². The number of aromatic carboxylic acids is 1. The minimum Gasteiger partial charge on any atom is -0.485 e. The van der Waals surface area contributed by atoms with E-state index in [1.165, 1.54) is 6.07 Å². The van der Waals surface area contributed by atoms with E-state index >= 15 is 0 Å². The number of benzene rings is 1. The summed E-state index contributed by atoms with van der Waals surface area (Å²) >= 11 is 0. The standard InChI is InChI=1S/C13H16N4O3/c1-3-6-17-12(14-15-16-17)8-20-11-7-10(13(18)19)5-4-9(11)2/h4-5,7H,3,6,8H2,1-2H3,(H,18,19). The van der Waals surface area contributed by atoms with Gasteiger partial charge in [-0.05, 0) is 41.5 Å². The van der Waals surface area contributed by atoms with Crippen molar-refractivity contribution in [1.82, 2.24) is 20.2 Å². The third-order valence-electron chi connectivity index (χ3n) is 2.83. The molecule has 0 amide bonds. The van der Waals surface area contributed by atoms with Gasteiger partial charge < -0.3 is 9.84 Å². The number of ether oxygens (including phenoxy) is 1. The first kappa shape index (κ1) is 14.0. The fraction of sp³-hybridized carbons (Fsp3) is 0.385. The molecule has 0 bridgehead atoms. The summed E-state index contributed by atoms with van der Waals surface area (Å²) in [6, 6.07) is 4.77. The normalized spacial score (nSPS) is 10.5. The molecule has 0 unspecified atom stereocenters. The molecule has 0 aliphatic heterocycles. The largest absolute Gasteiger partial charge is 0.485 e. The van der Waals surface area contributed by atoms with Crippen molar-refractivity contribution in [3.63, 3.8) is 0 Å². The van der Waals surface area contributed by atoms with Crippen LogP contribution in [0.25, 0.3) is 0 Å². The van der Waals surface area contributed by atoms with Crippen LogP contribution in [0.2, 0.25) is 0 Å². The van der Waals surface area contributed by atoms with E-state index in [-0.39, 0.29) is 12.2 Å². The molecule has 2 aromatic rings. The molecule has 106 valence electrons. The van der Waals surface area contributed by atoms with E-state index in [2.05, 4.69) is 15.5 Å². The fourth-order valence-corrected chi connectivity index (χ4v) is 1.74. The van der Waals surface area contributed by atoms with Gasteiger partial charge in [0.15, 0.2) is 5.82 Å². The lowest BCUT2D eigenvalue weighted by atomic mass is 10.1. The number of hydrogen-bond donors (Lipinski definition) is 1. The van der Waals surface area contributed by atoms with E-state index in [0.717, 1.165) is 18.5 Å². The highest BCUT2D eigenvalue weighted by atomic mass is 16.5. The fourth-order valence-electron chi connectivity index (χ4n) is 1.74. The van der Waals surface area contributed by atoms with Crippen molar-refractivity contribution >= 4 is 5.97 Å². The minimum atomic E-state index is -0.981. The molecule has 0 saturated heterocycles. The van der Waals surface area contributed by atoms with E-state index in [0.29, 0.717) is 11.6 Å². The summed E-state index contributed by atoms with van der Waals surface area (Å²) in [5, 5.41) is 20.3. The summed E-state index contributed by atoms with van der Waals surface area (Å²) in [7, 11) is 0. The summed E-state index contributed by atoms with van der Waals surface area (Å²) < 4.78 is 7.31. The maximum Gasteiger partial charge on any atom is 0.335 e. The number of nitrogens with zero attached hydrogens (tertiary/aromatic N) is 4. The Morgan fingerprint density at radius 2 is 2.25 bits per heavy atom. The van der Waals surface area contributed by atoms with Crippen molar-refractivity contribution in [2.75, 3.05) is 0 Å². The van der Waals surface area contributed by atoms with Crippen LogP contribution in [-0.2, 0) is 13.2 Å². The Labute approximate surface area is 116 Å². The zero-order valence-electron chi connectivity index (χ0n) is 11.4. The molecule has 0 aliphatic rings. The first-order chi connectivity index (χ1) is 9.61. The van der Waals surface area contributed by atoms with Crippen LogP contribution in [0.5, 0.6) is 5.75 Å². The Kier molecular flexibility index (Phi) is 4.29. The third kappa shape index (κ3) is 3.11. The van der Waals surface area contributed by atoms with E-state index in [1.54, 1.807) is 16.8 Å². The molecule has 20 heavy (non-hydrogen) atoms. The van der Waals surface area contributed by atoms with Crippen molar-refractivity contribution in [3.8, 4) is 5.75 Å². The van der Waals surface area contributed by atoms with Crippen LogP contribution in [0.15, 0.2) is 18.2 Å². The molecule has 0 spiro atoms. The number of carbonyl (C=O) groups is 1. The van der Waals surface area contributed by atoms with Gasteiger partial charge >= 0.3 is 5.97 Å². The Hall–Kier alpha value is -2.44. The van der Waals surface area contributed by atoms with Crippen molar-refractivity contribution in [2.45, 2.75) is 33.4 Å². The van der Waals surface area contributed by atoms with Crippen LogP contribution in [-0.4, -0.2) is 31.3 Å². The number of tetrazole rings is 1. The smallest absolute Gasteiger partial charge is 0.335 e. The highest BCUT2D eigenvalue weighted by Crippen LogP contribution is 2.20. The monoisotopic (exact) mass is 276 g/mol. The van der Waals surface area contributed by atoms with Crippen LogP contribution in [0, 0.1) is 6.92 Å². The second kappa shape index (κ2) is 6.14. The van der Waals surface area contributed by atoms with Gasteiger partial charge in [-0.1, -0.05) is 13.0 Å². The van der Waals surface area contributed by atoms with Gasteiger partial charge in [-0.15, -0.1) is 5.10 Å². The molecule has 0 atom stereocenters. The molecule has 0 aliphatic carbocycles. The van der Waals surface area contributed by atoms with Crippen molar-refractivity contribution in [3.05, 3.63) is 35.2 Å². The van der Waals surface area contributed by atoms with Crippen molar-refractivity contribution in [2.24, 2.45) is 0 Å². The average Bonchev–Trinajstić information content (AvgIpc) is 2.85. The molecule has 0 radical (unpaired) electrons. The summed E-state index contributed by atoms with van der Waals surface area (Å²) in [6.45, 7) is 4.82. The van der Waals surface area contributed by atoms with Crippen LogP contribution in [0.1, 0.15) is 35.1 Å². The number of carboxylic acid groups (broad SMARTS) is 1. The molecule has 7 nitrogen and oxygen atoms in total. The van der Waals surface area contributed by atoms with Gasteiger partial charge in [0.25, 0.3) is 0 Å². The zero-order chi connectivity index (χ0) is 14.5. The quantitative estimate of drug-likeness (QED) is 0.863. The predicted octanol–water partition coefficient (Wildman–Crippen LogP) is 1.67. The molecule has 7 heteroatoms. The zero-order valence-corrected chi connectivity index (χ0v) is 11.4. The second-order valence-electron chi connectivity index (χ2n) is 4.39. The van der Waals surface area contributed by atoms with Gasteiger partial charge in [0, 0.05) is 6.54 Å². The SMILES string of the molecule is CCCn1nnnc1COc1cc(C(=O)O)ccc1C. The Balaban J connectivity index is 2.12. The molecule has 1 heterocycles. The predicted molar refractivity (Wildman–Crippen MR) is 70.6 cm³/mol. The molecule has 2 rings (SSSR count). The van der Waals surface area contributed by atoms with E-state index in [4.69, 9.17) is 9.84 Å². The van der Waals surface area contributed by atoms with Crippen molar-refractivity contribution < 1.29 is 14.6 Å². The highest BCUT2D eigenvalue weighted by molar-refractivity contribution is 5.88. The van der Waals surface area contributed by atoms with Gasteiger partial charge in [0.2, 0.25) is 0 Å². The first-order valence-electron chi connectivity index (χ1n) is 6.33. The lowest BCUT2D eigenvalue weighted by Crippen LogP contribution is -2.09. The highest BCUT2D eigenvalue weighted by Gasteiger charge is 2.10. The lowest BCUT2D eigenvalue weighted by molar-refractivity contribution is 0.0696. The Morgan fingerprint density at radius 3 is 2.95 bits per heavy atom. The minimum absolute atomic E-state index is 0.193. The topological polar surface area (TPSA) is 90.1 Å². The maximum absolute atomic E-state index is 10.9. The van der Waals surface area contributed by atoms with Gasteiger partial charge in [0.1, 0.15) is 12.4 Å². The van der Waals surface area contributed by atoms with E-state index in [9.17, 15) is 4.79 Å². The van der Waals surface area contributed by atoms with Crippen LogP contribution < -0.4 is 4.74 Å². The summed E-state index contributed by atoms with van der Waals surface area (Å²) in [4.78, 5) is 10.9. The number of hydrogen-bond acceptors (Lipinski definition) is 5. The van der Waals surface area contributed by atoms with E-state index < -0.39 is 5.97 Å². The molecule has 0 saturated carbocycles. The van der Waals surface area contributed by atoms with Gasteiger partial charge in [-0.3, -0.25) is 0 Å². The first-order valence-corrected chi connectivity index (χ1v) is 6.33. The van der Waals surface area contributed by atoms with E-state index in [1.807, 2.05) is 13.8 Å². The number of rotatable bonds is 6.